The molecule has 57 heavy (non-hydrogen) atoms. The van der Waals surface area contributed by atoms with Crippen molar-refractivity contribution < 1.29 is 32.7 Å². The van der Waals surface area contributed by atoms with E-state index in [0.29, 0.717) is 35.6 Å². The van der Waals surface area contributed by atoms with Gasteiger partial charge in [-0.25, -0.2) is 13.2 Å². The first kappa shape index (κ1) is 37.2. The minimum absolute atomic E-state index is 0.163. The van der Waals surface area contributed by atoms with E-state index >= 15 is 13.2 Å². The maximum atomic E-state index is 16.3. The van der Waals surface area contributed by atoms with Crippen molar-refractivity contribution in [2.75, 3.05) is 55.6 Å². The lowest BCUT2D eigenvalue weighted by Crippen LogP contribution is -2.52. The second kappa shape index (κ2) is 14.9. The first-order chi connectivity index (χ1) is 27.5. The van der Waals surface area contributed by atoms with Gasteiger partial charge in [0.05, 0.1) is 0 Å². The topological polar surface area (TPSA) is 96.4 Å². The maximum absolute atomic E-state index is 16.3. The first-order valence-corrected chi connectivity index (χ1v) is 20.1. The number of nitrogens with one attached hydrogen (secondary N) is 1. The number of carbonyl (C=O) groups excluding carboxylic acids is 3. The van der Waals surface area contributed by atoms with E-state index in [1.54, 1.807) is 17.0 Å². The largest absolute Gasteiger partial charge is 0.508 e. The van der Waals surface area contributed by atoms with Crippen LogP contribution in [0.2, 0.25) is 0 Å². The van der Waals surface area contributed by atoms with E-state index in [4.69, 9.17) is 0 Å². The van der Waals surface area contributed by atoms with Crippen LogP contribution in [0.15, 0.2) is 84.9 Å². The van der Waals surface area contributed by atoms with Crippen molar-refractivity contribution in [3.63, 3.8) is 0 Å². The molecule has 3 saturated heterocycles. The molecule has 2 N–H and O–H groups in total. The maximum Gasteiger partial charge on any atom is 0.274 e. The minimum atomic E-state index is -3.17. The Bertz CT molecular complexity index is 2200. The highest BCUT2D eigenvalue weighted by Gasteiger charge is 2.48. The number of piperazine rings is 1. The van der Waals surface area contributed by atoms with Gasteiger partial charge >= 0.3 is 0 Å². The molecule has 4 aromatic rings. The number of hydrogen-bond donors (Lipinski definition) is 2. The third kappa shape index (κ3) is 7.13. The number of rotatable bonds is 7. The van der Waals surface area contributed by atoms with Gasteiger partial charge in [-0.05, 0) is 89.9 Å². The molecule has 0 bridgehead atoms. The smallest absolute Gasteiger partial charge is 0.274 e. The lowest BCUT2D eigenvalue weighted by molar-refractivity contribution is -0.136. The summed E-state index contributed by atoms with van der Waals surface area (Å²) in [5, 5.41) is 12.5. The van der Waals surface area contributed by atoms with Gasteiger partial charge in [0.25, 0.3) is 11.8 Å². The monoisotopic (exact) mass is 777 g/mol. The van der Waals surface area contributed by atoms with Gasteiger partial charge in [0.2, 0.25) is 11.8 Å². The predicted molar refractivity (Wildman–Crippen MR) is 210 cm³/mol. The van der Waals surface area contributed by atoms with Gasteiger partial charge in [0.15, 0.2) is 0 Å². The summed E-state index contributed by atoms with van der Waals surface area (Å²) in [6.45, 7) is 6.54. The predicted octanol–water partition coefficient (Wildman–Crippen LogP) is 6.74. The third-order valence-corrected chi connectivity index (χ3v) is 12.9. The molecule has 0 radical (unpaired) electrons. The Kier molecular flexibility index (Phi) is 9.71. The van der Waals surface area contributed by atoms with E-state index in [2.05, 4.69) is 26.1 Å². The highest BCUT2D eigenvalue weighted by Crippen LogP contribution is 2.55. The lowest BCUT2D eigenvalue weighted by Gasteiger charge is -2.40. The van der Waals surface area contributed by atoms with Crippen LogP contribution in [0.3, 0.4) is 0 Å². The van der Waals surface area contributed by atoms with E-state index in [1.165, 1.54) is 12.1 Å². The number of amides is 3. The average molecular weight is 778 g/mol. The van der Waals surface area contributed by atoms with E-state index in [0.717, 1.165) is 87.2 Å². The van der Waals surface area contributed by atoms with Crippen molar-refractivity contribution in [2.24, 2.45) is 5.92 Å². The van der Waals surface area contributed by atoms with Crippen molar-refractivity contribution in [3.05, 3.63) is 124 Å². The first-order valence-electron chi connectivity index (χ1n) is 20.1. The van der Waals surface area contributed by atoms with Gasteiger partial charge in [0, 0.05) is 99.5 Å². The molecule has 296 valence electrons. The molecule has 0 unspecified atom stereocenters. The van der Waals surface area contributed by atoms with Crippen LogP contribution in [0.1, 0.15) is 82.1 Å². The van der Waals surface area contributed by atoms with Crippen LogP contribution in [-0.2, 0) is 22.1 Å². The summed E-state index contributed by atoms with van der Waals surface area (Å²) in [4.78, 5) is 45.9. The number of nitrogens with zero attached hydrogens (tertiary/aromatic N) is 4. The molecular formula is C45H46F3N5O4. The SMILES string of the molecule is O=C1CC[C@H](N2Cc3cc(N4CCN(CC5CCN(c6ccc([C@@H]7c8ccc(O)cc8C(F)(F)C[C@@H]7c7ccccc7)c(F)c6)CC5)CC4)ccc3C2=O)C(=O)N1. The fourth-order valence-electron chi connectivity index (χ4n) is 9.90. The summed E-state index contributed by atoms with van der Waals surface area (Å²) in [5.74, 6) is -5.44. The minimum Gasteiger partial charge on any atom is -0.508 e. The third-order valence-electron chi connectivity index (χ3n) is 12.9. The van der Waals surface area contributed by atoms with Crippen molar-refractivity contribution in [1.29, 1.82) is 0 Å². The fraction of sp³-hybridized carbons (Fsp3) is 0.400. The lowest BCUT2D eigenvalue weighted by atomic mass is 9.67. The fourth-order valence-corrected chi connectivity index (χ4v) is 9.90. The summed E-state index contributed by atoms with van der Waals surface area (Å²) in [7, 11) is 0. The second-order valence-electron chi connectivity index (χ2n) is 16.3. The number of halogens is 3. The van der Waals surface area contributed by atoms with Gasteiger partial charge in [-0.15, -0.1) is 0 Å². The zero-order chi connectivity index (χ0) is 39.4. The van der Waals surface area contributed by atoms with E-state index in [1.807, 2.05) is 48.5 Å². The van der Waals surface area contributed by atoms with Gasteiger partial charge in [-0.1, -0.05) is 42.5 Å². The molecular weight excluding hydrogens is 732 g/mol. The Balaban J connectivity index is 0.808. The van der Waals surface area contributed by atoms with Gasteiger partial charge in [-0.2, -0.15) is 0 Å². The van der Waals surface area contributed by atoms with Crippen LogP contribution in [0.4, 0.5) is 24.5 Å². The number of phenols is 1. The van der Waals surface area contributed by atoms with Crippen LogP contribution in [0.5, 0.6) is 5.75 Å². The van der Waals surface area contributed by atoms with E-state index in [-0.39, 0.29) is 29.5 Å². The quantitative estimate of drug-likeness (QED) is 0.201. The molecule has 4 aliphatic heterocycles. The molecule has 5 aliphatic rings. The Labute approximate surface area is 330 Å². The average Bonchev–Trinajstić information content (AvgIpc) is 3.54. The summed E-state index contributed by atoms with van der Waals surface area (Å²) >= 11 is 0. The number of benzene rings is 4. The van der Waals surface area contributed by atoms with Crippen LogP contribution in [0, 0.1) is 11.7 Å². The number of phenolic OH excluding ortho intramolecular Hbond substituents is 1. The molecule has 3 amide bonds. The number of aromatic hydroxyl groups is 1. The van der Waals surface area contributed by atoms with Crippen LogP contribution >= 0.6 is 0 Å². The van der Waals surface area contributed by atoms with Crippen molar-refractivity contribution in [1.82, 2.24) is 15.1 Å². The highest BCUT2D eigenvalue weighted by molar-refractivity contribution is 6.05. The Morgan fingerprint density at radius 1 is 0.772 bits per heavy atom. The van der Waals surface area contributed by atoms with Crippen molar-refractivity contribution in [2.45, 2.75) is 62.4 Å². The number of carbonyl (C=O) groups is 3. The normalized spacial score (nSPS) is 24.0. The summed E-state index contributed by atoms with van der Waals surface area (Å²) < 4.78 is 47.4. The molecule has 9 rings (SSSR count). The van der Waals surface area contributed by atoms with Gasteiger partial charge < -0.3 is 19.8 Å². The Hall–Kier alpha value is -5.36. The molecule has 0 spiro atoms. The molecule has 4 heterocycles. The van der Waals surface area contributed by atoms with E-state index < -0.39 is 41.9 Å². The second-order valence-corrected chi connectivity index (χ2v) is 16.3. The Morgan fingerprint density at radius 3 is 2.21 bits per heavy atom. The zero-order valence-electron chi connectivity index (χ0n) is 31.7. The number of imide groups is 1. The molecule has 0 aromatic heterocycles. The standard InChI is InChI=1S/C45H46F3N5O4/c46-39-23-32(7-10-36(39)42-35-11-8-33(54)24-38(35)45(47,48)25-37(42)29-4-2-1-3-5-29)51-16-14-28(15-17-51)26-50-18-20-52(21-19-50)31-6-9-34-30(22-31)27-53(44(34)57)40-12-13-41(55)49-43(40)56/h1-11,22-24,28,37,40,42,54H,12-21,25-27H2,(H,49,55,56)/t37-,40+,42+/m1/s1. The number of anilines is 2. The molecule has 0 saturated carbocycles. The number of fused-ring (bicyclic) bond motifs is 2. The number of alkyl halides is 2. The van der Waals surface area contributed by atoms with Crippen LogP contribution < -0.4 is 15.1 Å². The molecule has 3 atom stereocenters. The van der Waals surface area contributed by atoms with Crippen LogP contribution in [-0.4, -0.2) is 84.5 Å². The van der Waals surface area contributed by atoms with E-state index in [9.17, 15) is 19.5 Å². The molecule has 12 heteroatoms. The molecule has 9 nitrogen and oxygen atoms in total. The molecule has 1 aliphatic carbocycles. The highest BCUT2D eigenvalue weighted by atomic mass is 19.3. The van der Waals surface area contributed by atoms with Crippen molar-refractivity contribution in [3.8, 4) is 5.75 Å². The number of piperidine rings is 2. The van der Waals surface area contributed by atoms with Gasteiger partial charge in [-0.3, -0.25) is 24.6 Å². The van der Waals surface area contributed by atoms with Crippen LogP contribution in [0.25, 0.3) is 0 Å². The van der Waals surface area contributed by atoms with Crippen molar-refractivity contribution >= 4 is 29.1 Å². The summed E-state index contributed by atoms with van der Waals surface area (Å²) in [6, 6.07) is 23.7. The van der Waals surface area contributed by atoms with Gasteiger partial charge in [0.1, 0.15) is 17.6 Å². The Morgan fingerprint density at radius 2 is 1.47 bits per heavy atom. The summed E-state index contributed by atoms with van der Waals surface area (Å²) in [6.07, 6.45) is 2.06. The summed E-state index contributed by atoms with van der Waals surface area (Å²) in [5.41, 5.74) is 4.60. The zero-order valence-corrected chi connectivity index (χ0v) is 31.7. The molecule has 4 aromatic carbocycles. The number of hydrogen-bond acceptors (Lipinski definition) is 7. The molecule has 3 fully saturated rings.